The van der Waals surface area contributed by atoms with E-state index in [1.807, 2.05) is 0 Å². The van der Waals surface area contributed by atoms with Gasteiger partial charge in [-0.1, -0.05) is 6.92 Å². The monoisotopic (exact) mass is 596 g/mol. The summed E-state index contributed by atoms with van der Waals surface area (Å²) in [6, 6.07) is 3.36. The fourth-order valence-corrected chi connectivity index (χ4v) is 4.37. The van der Waals surface area contributed by atoms with Gasteiger partial charge in [-0.05, 0) is 62.2 Å². The first-order chi connectivity index (χ1) is 18.7. The average molecular weight is 596 g/mol. The van der Waals surface area contributed by atoms with Crippen molar-refractivity contribution < 1.29 is 53.8 Å². The van der Waals surface area contributed by atoms with Crippen molar-refractivity contribution in [3.8, 4) is 0 Å². The van der Waals surface area contributed by atoms with E-state index in [2.05, 4.69) is 0 Å². The third-order valence-corrected chi connectivity index (χ3v) is 6.18. The van der Waals surface area contributed by atoms with Crippen molar-refractivity contribution in [2.75, 3.05) is 4.90 Å². The number of hydrogen-bond donors (Lipinski definition) is 0. The zero-order valence-corrected chi connectivity index (χ0v) is 22.2. The largest absolute Gasteiger partial charge is 0.446 e. The number of hydrogen-bond acceptors (Lipinski definition) is 3. The van der Waals surface area contributed by atoms with Crippen LogP contribution < -0.4 is 4.90 Å². The minimum absolute atomic E-state index is 0.0680. The molecular formula is C27H25F9N2O3. The summed E-state index contributed by atoms with van der Waals surface area (Å²) in [5, 5.41) is 0. The van der Waals surface area contributed by atoms with Gasteiger partial charge in [0.2, 0.25) is 5.91 Å². The number of benzene rings is 2. The third kappa shape index (κ3) is 7.25. The Morgan fingerprint density at radius 1 is 0.878 bits per heavy atom. The van der Waals surface area contributed by atoms with E-state index < -0.39 is 65.4 Å². The lowest BCUT2D eigenvalue weighted by atomic mass is 9.87. The average Bonchev–Trinajstić information content (AvgIpc) is 2.83. The fraction of sp³-hybridized carbons (Fsp3) is 0.407. The smallest absolute Gasteiger partial charge is 0.416 e. The minimum atomic E-state index is -5.15. The first-order valence-corrected chi connectivity index (χ1v) is 12.2. The van der Waals surface area contributed by atoms with E-state index in [1.165, 1.54) is 0 Å². The van der Waals surface area contributed by atoms with E-state index in [-0.39, 0.29) is 42.2 Å². The maximum atomic E-state index is 13.7. The maximum Gasteiger partial charge on any atom is 0.416 e. The van der Waals surface area contributed by atoms with Crippen molar-refractivity contribution in [2.24, 2.45) is 0 Å². The summed E-state index contributed by atoms with van der Waals surface area (Å²) in [5.41, 5.74) is -5.26. The van der Waals surface area contributed by atoms with E-state index in [9.17, 15) is 49.1 Å². The van der Waals surface area contributed by atoms with Crippen molar-refractivity contribution >= 4 is 17.7 Å². The second kappa shape index (κ2) is 11.4. The highest BCUT2D eigenvalue weighted by Crippen LogP contribution is 2.47. The quantitative estimate of drug-likeness (QED) is 0.326. The molecule has 1 aliphatic heterocycles. The van der Waals surface area contributed by atoms with E-state index >= 15 is 0 Å². The predicted molar refractivity (Wildman–Crippen MR) is 129 cm³/mol. The van der Waals surface area contributed by atoms with Gasteiger partial charge in [-0.2, -0.15) is 39.5 Å². The molecule has 3 rings (SSSR count). The number of carbonyl (C=O) groups excluding carboxylic acids is 2. The number of nitrogens with zero attached hydrogens (tertiary/aromatic N) is 2. The van der Waals surface area contributed by atoms with E-state index in [1.54, 1.807) is 20.8 Å². The Bertz CT molecular complexity index is 1250. The molecule has 2 aromatic carbocycles. The number of amides is 2. The Morgan fingerprint density at radius 2 is 1.41 bits per heavy atom. The highest BCUT2D eigenvalue weighted by Gasteiger charge is 2.43. The second-order valence-corrected chi connectivity index (χ2v) is 9.56. The van der Waals surface area contributed by atoms with Gasteiger partial charge in [-0.3, -0.25) is 9.69 Å². The summed E-state index contributed by atoms with van der Waals surface area (Å²) in [5.74, 6) is -0.858. The second-order valence-electron chi connectivity index (χ2n) is 9.56. The van der Waals surface area contributed by atoms with Crippen LogP contribution in [0.2, 0.25) is 0 Å². The normalized spacial score (nSPS) is 15.2. The first-order valence-electron chi connectivity index (χ1n) is 12.2. The number of anilines is 1. The van der Waals surface area contributed by atoms with Crippen LogP contribution in [0, 0.1) is 12.1 Å². The number of alkyl halides is 9. The van der Waals surface area contributed by atoms with Gasteiger partial charge in [0, 0.05) is 25.5 Å². The molecule has 0 aliphatic carbocycles. The van der Waals surface area contributed by atoms with Crippen molar-refractivity contribution in [3.05, 3.63) is 76.3 Å². The van der Waals surface area contributed by atoms with Crippen LogP contribution in [0.15, 0.2) is 36.4 Å². The zero-order chi connectivity index (χ0) is 31.1. The highest BCUT2D eigenvalue weighted by atomic mass is 19.4. The molecule has 1 aliphatic rings. The lowest BCUT2D eigenvalue weighted by Gasteiger charge is -2.43. The molecule has 5 nitrogen and oxygen atoms in total. The van der Waals surface area contributed by atoms with Gasteiger partial charge < -0.3 is 9.64 Å². The summed E-state index contributed by atoms with van der Waals surface area (Å²) >= 11 is 0. The highest BCUT2D eigenvalue weighted by molar-refractivity contribution is 5.94. The molecule has 0 saturated heterocycles. The topological polar surface area (TPSA) is 49.9 Å². The molecule has 2 amide bonds. The Labute approximate surface area is 229 Å². The Kier molecular flexibility index (Phi) is 8.95. The van der Waals surface area contributed by atoms with Crippen LogP contribution in [0.1, 0.15) is 68.4 Å². The Balaban J connectivity index is 2.20. The van der Waals surface area contributed by atoms with E-state index in [0.717, 1.165) is 22.8 Å². The van der Waals surface area contributed by atoms with Gasteiger partial charge in [-0.25, -0.2) is 4.79 Å². The molecule has 0 spiro atoms. The fourth-order valence-electron chi connectivity index (χ4n) is 4.37. The molecule has 0 saturated carbocycles. The molecular weight excluding hydrogens is 571 g/mol. The van der Waals surface area contributed by atoms with Gasteiger partial charge >= 0.3 is 24.6 Å². The molecule has 14 heteroatoms. The summed E-state index contributed by atoms with van der Waals surface area (Å²) in [4.78, 5) is 27.6. The number of carbonyl (C=O) groups is 2. The number of rotatable bonds is 5. The molecule has 2 aromatic rings. The zero-order valence-electron chi connectivity index (χ0n) is 22.2. The molecule has 0 N–H and O–H groups in total. The molecule has 0 aromatic heterocycles. The van der Waals surface area contributed by atoms with Crippen LogP contribution in [-0.4, -0.2) is 23.0 Å². The van der Waals surface area contributed by atoms with E-state index in [0.29, 0.717) is 24.3 Å². The van der Waals surface area contributed by atoms with Gasteiger partial charge in [0.25, 0.3) is 0 Å². The van der Waals surface area contributed by atoms with E-state index in [4.69, 9.17) is 4.74 Å². The lowest BCUT2D eigenvalue weighted by Crippen LogP contribution is -2.45. The molecule has 0 atom stereocenters. The van der Waals surface area contributed by atoms with Crippen molar-refractivity contribution in [1.29, 1.82) is 0 Å². The number of ether oxygens (including phenoxy) is 1. The number of fused-ring (bicyclic) bond motifs is 1. The Morgan fingerprint density at radius 3 is 1.85 bits per heavy atom. The van der Waals surface area contributed by atoms with Gasteiger partial charge in [0.1, 0.15) is 6.04 Å². The van der Waals surface area contributed by atoms with Crippen molar-refractivity contribution in [2.45, 2.75) is 71.7 Å². The van der Waals surface area contributed by atoms with Crippen molar-refractivity contribution in [1.82, 2.24) is 4.90 Å². The first kappa shape index (κ1) is 32.1. The van der Waals surface area contributed by atoms with Crippen LogP contribution >= 0.6 is 0 Å². The van der Waals surface area contributed by atoms with Gasteiger partial charge in [-0.15, -0.1) is 0 Å². The molecule has 0 bridgehead atoms. The summed E-state index contributed by atoms with van der Waals surface area (Å²) in [6.07, 6.45) is -16.8. The molecule has 0 fully saturated rings. The summed E-state index contributed by atoms with van der Waals surface area (Å²) in [6.45, 7) is 4.89. The van der Waals surface area contributed by atoms with Crippen LogP contribution in [0.4, 0.5) is 50.0 Å². The third-order valence-electron chi connectivity index (χ3n) is 6.18. The lowest BCUT2D eigenvalue weighted by molar-refractivity contribution is -0.143. The van der Waals surface area contributed by atoms with Crippen LogP contribution in [0.3, 0.4) is 0 Å². The van der Waals surface area contributed by atoms with Gasteiger partial charge in [0.15, 0.2) is 0 Å². The standard InChI is InChI=1S/C27H25F9N2O3/c1-5-20-12-23(21-11-17(25(28,29)30)6-7-22(21)38(20)24(40)41-14(2)3)37(15(4)39)13-16-8-18(26(31,32)33)10-19(9-16)27(34,35)36/h6-11,14H,5,12-13H2,1-4H3. The predicted octanol–water partition coefficient (Wildman–Crippen LogP) is 8.37. The summed E-state index contributed by atoms with van der Waals surface area (Å²) in [7, 11) is 0. The van der Waals surface area contributed by atoms with Gasteiger partial charge in [0.05, 0.1) is 34.5 Å². The summed E-state index contributed by atoms with van der Waals surface area (Å²) < 4.78 is 127. The molecule has 41 heavy (non-hydrogen) atoms. The van der Waals surface area contributed by atoms with Crippen LogP contribution in [0.5, 0.6) is 0 Å². The van der Waals surface area contributed by atoms with Crippen LogP contribution in [0.25, 0.3) is 0 Å². The Hall–Kier alpha value is -3.45. The SMILES string of the molecule is CC[C]1C[C](N(Cc2cc(C(F)(F)F)cc(C(F)(F)F)c2)C(C)=O)c2cc(C(F)(F)F)ccc2N1C(=O)OC(C)C. The molecule has 224 valence electrons. The van der Waals surface area contributed by atoms with Crippen molar-refractivity contribution in [3.63, 3.8) is 0 Å². The molecule has 1 heterocycles. The minimum Gasteiger partial charge on any atom is -0.446 e. The number of halogens is 9. The molecule has 0 unspecified atom stereocenters. The van der Waals surface area contributed by atoms with Crippen LogP contribution in [-0.2, 0) is 34.6 Å². The maximum absolute atomic E-state index is 13.7. The molecule has 2 radical (unpaired) electrons.